The number of nitro groups is 1. The van der Waals surface area contributed by atoms with Gasteiger partial charge in [-0.15, -0.1) is 0 Å². The summed E-state index contributed by atoms with van der Waals surface area (Å²) in [7, 11) is 1.63. The van der Waals surface area contributed by atoms with Gasteiger partial charge in [-0.05, 0) is 44.6 Å². The first kappa shape index (κ1) is 22.4. The van der Waals surface area contributed by atoms with E-state index in [1.165, 1.54) is 4.68 Å². The average Bonchev–Trinajstić information content (AvgIpc) is 2.98. The maximum absolute atomic E-state index is 12.5. The fraction of sp³-hybridized carbons (Fsp3) is 0.500. The third-order valence-corrected chi connectivity index (χ3v) is 5.04. The summed E-state index contributed by atoms with van der Waals surface area (Å²) in [5.74, 6) is 0.520. The molecule has 2 aromatic rings. The number of hydrogen-bond donors (Lipinski definition) is 1. The highest BCUT2D eigenvalue weighted by atomic mass is 16.6. The maximum Gasteiger partial charge on any atom is 0.312 e. The number of amides is 1. The second-order valence-corrected chi connectivity index (χ2v) is 6.75. The molecule has 1 aromatic heterocycles. The first-order valence-electron chi connectivity index (χ1n) is 9.65. The quantitative estimate of drug-likeness (QED) is 0.483. The zero-order valence-corrected chi connectivity index (χ0v) is 17.6. The molecule has 0 radical (unpaired) electrons. The van der Waals surface area contributed by atoms with Crippen molar-refractivity contribution in [3.05, 3.63) is 51.3 Å². The van der Waals surface area contributed by atoms with Crippen molar-refractivity contribution < 1.29 is 14.5 Å². The molecule has 1 amide bonds. The Bertz CT molecular complexity index is 861. The molecule has 1 atom stereocenters. The molecular formula is C20H29N5O4. The number of methoxy groups -OCH3 is 1. The molecule has 2 rings (SSSR count). The van der Waals surface area contributed by atoms with E-state index in [2.05, 4.69) is 29.2 Å². The standard InChI is InChI=1S/C20H29N5O4/c1-6-23(7-2)18(16-9-8-10-17(11-16)29-5)12-21-19(26)13-24-15(4)20(25(27)28)14(3)22-24/h8-11,18H,6-7,12-13H2,1-5H3,(H,21,26). The number of carbonyl (C=O) groups is 1. The number of likely N-dealkylation sites (N-methyl/N-ethyl adjacent to an activating group) is 1. The minimum absolute atomic E-state index is 0.0150. The zero-order valence-electron chi connectivity index (χ0n) is 17.6. The van der Waals surface area contributed by atoms with Crippen molar-refractivity contribution in [1.29, 1.82) is 0 Å². The minimum atomic E-state index is -0.467. The lowest BCUT2D eigenvalue weighted by atomic mass is 10.0. The summed E-state index contributed by atoms with van der Waals surface area (Å²) >= 11 is 0. The number of aryl methyl sites for hydroxylation is 1. The van der Waals surface area contributed by atoms with Gasteiger partial charge >= 0.3 is 5.69 Å². The fourth-order valence-corrected chi connectivity index (χ4v) is 3.48. The fourth-order valence-electron chi connectivity index (χ4n) is 3.48. The summed E-state index contributed by atoms with van der Waals surface area (Å²) in [5.41, 5.74) is 1.68. The van der Waals surface area contributed by atoms with Gasteiger partial charge in [-0.25, -0.2) is 0 Å². The molecule has 1 unspecified atom stereocenters. The van der Waals surface area contributed by atoms with Crippen LogP contribution < -0.4 is 10.1 Å². The van der Waals surface area contributed by atoms with Crippen molar-refractivity contribution in [2.75, 3.05) is 26.7 Å². The molecule has 0 fully saturated rings. The number of benzene rings is 1. The Morgan fingerprint density at radius 1 is 1.34 bits per heavy atom. The number of carbonyl (C=O) groups excluding carboxylic acids is 1. The van der Waals surface area contributed by atoms with Crippen LogP contribution in [0.4, 0.5) is 5.69 Å². The summed E-state index contributed by atoms with van der Waals surface area (Å²) in [6.45, 7) is 9.33. The highest BCUT2D eigenvalue weighted by Gasteiger charge is 2.24. The lowest BCUT2D eigenvalue weighted by Gasteiger charge is -2.30. The van der Waals surface area contributed by atoms with Gasteiger partial charge < -0.3 is 10.1 Å². The largest absolute Gasteiger partial charge is 0.497 e. The van der Waals surface area contributed by atoms with Gasteiger partial charge in [0.15, 0.2) is 0 Å². The van der Waals surface area contributed by atoms with Crippen molar-refractivity contribution in [1.82, 2.24) is 20.0 Å². The Morgan fingerprint density at radius 2 is 2.03 bits per heavy atom. The van der Waals surface area contributed by atoms with E-state index < -0.39 is 4.92 Å². The molecule has 1 heterocycles. The molecule has 0 spiro atoms. The number of ether oxygens (including phenoxy) is 1. The number of nitrogens with one attached hydrogen (secondary N) is 1. The molecule has 9 nitrogen and oxygen atoms in total. The molecule has 1 aromatic carbocycles. The predicted octanol–water partition coefficient (Wildman–Crippen LogP) is 2.62. The Balaban J connectivity index is 2.13. The van der Waals surface area contributed by atoms with Crippen molar-refractivity contribution in [2.24, 2.45) is 0 Å². The highest BCUT2D eigenvalue weighted by molar-refractivity contribution is 5.76. The lowest BCUT2D eigenvalue weighted by Crippen LogP contribution is -2.39. The molecule has 158 valence electrons. The number of hydrogen-bond acceptors (Lipinski definition) is 6. The van der Waals surface area contributed by atoms with Gasteiger partial charge in [0.1, 0.15) is 23.7 Å². The van der Waals surface area contributed by atoms with Crippen LogP contribution in [0.1, 0.15) is 36.8 Å². The minimum Gasteiger partial charge on any atom is -0.497 e. The van der Waals surface area contributed by atoms with Crippen LogP contribution >= 0.6 is 0 Å². The maximum atomic E-state index is 12.5. The second kappa shape index (κ2) is 10.0. The van der Waals surface area contributed by atoms with E-state index in [0.717, 1.165) is 24.4 Å². The molecule has 0 saturated carbocycles. The molecule has 0 bridgehead atoms. The SMILES string of the molecule is CCN(CC)C(CNC(=O)Cn1nc(C)c([N+](=O)[O-])c1C)c1cccc(OC)c1. The number of nitrogens with zero attached hydrogens (tertiary/aromatic N) is 4. The summed E-state index contributed by atoms with van der Waals surface area (Å²) in [6, 6.07) is 7.79. The van der Waals surface area contributed by atoms with E-state index in [1.807, 2.05) is 24.3 Å². The molecule has 0 aliphatic rings. The normalized spacial score (nSPS) is 12.1. The molecular weight excluding hydrogens is 374 g/mol. The molecule has 0 aliphatic heterocycles. The third-order valence-electron chi connectivity index (χ3n) is 5.04. The first-order valence-corrected chi connectivity index (χ1v) is 9.65. The predicted molar refractivity (Wildman–Crippen MR) is 110 cm³/mol. The molecule has 9 heteroatoms. The first-order chi connectivity index (χ1) is 13.8. The van der Waals surface area contributed by atoms with Gasteiger partial charge in [-0.3, -0.25) is 24.5 Å². The lowest BCUT2D eigenvalue weighted by molar-refractivity contribution is -0.386. The zero-order chi connectivity index (χ0) is 21.6. The van der Waals surface area contributed by atoms with Crippen LogP contribution in [0.25, 0.3) is 0 Å². The Morgan fingerprint density at radius 3 is 2.59 bits per heavy atom. The highest BCUT2D eigenvalue weighted by Crippen LogP contribution is 2.24. The van der Waals surface area contributed by atoms with Crippen LogP contribution in [0.5, 0.6) is 5.75 Å². The molecule has 29 heavy (non-hydrogen) atoms. The summed E-state index contributed by atoms with van der Waals surface area (Å²) in [6.07, 6.45) is 0. The van der Waals surface area contributed by atoms with Crippen LogP contribution in [-0.4, -0.2) is 52.3 Å². The molecule has 0 aliphatic carbocycles. The van der Waals surface area contributed by atoms with Crippen LogP contribution in [0.3, 0.4) is 0 Å². The van der Waals surface area contributed by atoms with Gasteiger partial charge in [-0.2, -0.15) is 5.10 Å². The van der Waals surface area contributed by atoms with Crippen LogP contribution in [-0.2, 0) is 11.3 Å². The molecule has 1 N–H and O–H groups in total. The van der Waals surface area contributed by atoms with Crippen molar-refractivity contribution in [2.45, 2.75) is 40.3 Å². The summed E-state index contributed by atoms with van der Waals surface area (Å²) in [4.78, 5) is 25.5. The van der Waals surface area contributed by atoms with E-state index >= 15 is 0 Å². The van der Waals surface area contributed by atoms with E-state index in [4.69, 9.17) is 4.74 Å². The van der Waals surface area contributed by atoms with Crippen LogP contribution in [0, 0.1) is 24.0 Å². The van der Waals surface area contributed by atoms with Crippen LogP contribution in [0.2, 0.25) is 0 Å². The van der Waals surface area contributed by atoms with Crippen molar-refractivity contribution in [3.63, 3.8) is 0 Å². The topological polar surface area (TPSA) is 103 Å². The van der Waals surface area contributed by atoms with Gasteiger partial charge in [0.25, 0.3) is 0 Å². The van der Waals surface area contributed by atoms with Gasteiger partial charge in [0.2, 0.25) is 5.91 Å². The van der Waals surface area contributed by atoms with Gasteiger partial charge in [-0.1, -0.05) is 26.0 Å². The smallest absolute Gasteiger partial charge is 0.312 e. The van der Waals surface area contributed by atoms with Gasteiger partial charge in [0.05, 0.1) is 18.1 Å². The van der Waals surface area contributed by atoms with Crippen LogP contribution in [0.15, 0.2) is 24.3 Å². The average molecular weight is 403 g/mol. The molecule has 0 saturated heterocycles. The monoisotopic (exact) mass is 403 g/mol. The number of aromatic nitrogens is 2. The summed E-state index contributed by atoms with van der Waals surface area (Å²) in [5, 5.41) is 18.2. The van der Waals surface area contributed by atoms with Gasteiger partial charge in [0, 0.05) is 6.54 Å². The summed E-state index contributed by atoms with van der Waals surface area (Å²) < 4.78 is 6.71. The van der Waals surface area contributed by atoms with Crippen molar-refractivity contribution >= 4 is 11.6 Å². The van der Waals surface area contributed by atoms with E-state index in [1.54, 1.807) is 21.0 Å². The number of rotatable bonds is 10. The second-order valence-electron chi connectivity index (χ2n) is 6.75. The Kier molecular flexibility index (Phi) is 7.72. The van der Waals surface area contributed by atoms with E-state index in [9.17, 15) is 14.9 Å². The third kappa shape index (κ3) is 5.32. The van der Waals surface area contributed by atoms with E-state index in [0.29, 0.717) is 17.9 Å². The van der Waals surface area contributed by atoms with Crippen molar-refractivity contribution in [3.8, 4) is 5.75 Å². The van der Waals surface area contributed by atoms with E-state index in [-0.39, 0.29) is 24.2 Å². The Labute approximate surface area is 170 Å². The Hall–Kier alpha value is -2.94.